The third-order valence-electron chi connectivity index (χ3n) is 2.39. The fourth-order valence-corrected chi connectivity index (χ4v) is 2.43. The normalized spacial score (nSPS) is 19.8. The first-order chi connectivity index (χ1) is 6.72. The first-order valence-corrected chi connectivity index (χ1v) is 6.18. The van der Waals surface area contributed by atoms with Gasteiger partial charge in [-0.3, -0.25) is 9.69 Å². The Kier molecular flexibility index (Phi) is 5.14. The molecule has 0 N–H and O–H groups in total. The molecule has 0 aromatic carbocycles. The number of carbonyl (C=O) groups excluding carboxylic acids is 1. The smallest absolute Gasteiger partial charge is 0.307 e. The van der Waals surface area contributed by atoms with Crippen LogP contribution >= 0.6 is 0 Å². The van der Waals surface area contributed by atoms with Gasteiger partial charge in [0.15, 0.2) is 0 Å². The maximum atomic E-state index is 11.1. The number of hydrogen-bond acceptors (Lipinski definition) is 4. The highest BCUT2D eigenvalue weighted by molar-refractivity contribution is 6.04. The third-order valence-corrected chi connectivity index (χ3v) is 3.12. The van der Waals surface area contributed by atoms with Crippen molar-refractivity contribution in [2.45, 2.75) is 19.8 Å². The van der Waals surface area contributed by atoms with Crippen LogP contribution in [0.4, 0.5) is 0 Å². The van der Waals surface area contributed by atoms with Gasteiger partial charge in [0, 0.05) is 19.8 Å². The van der Waals surface area contributed by atoms with E-state index >= 15 is 0 Å². The van der Waals surface area contributed by atoms with Gasteiger partial charge in [-0.2, -0.15) is 0 Å². The third kappa shape index (κ3) is 4.21. The lowest BCUT2D eigenvalue weighted by Gasteiger charge is -2.33. The molecule has 1 aliphatic rings. The van der Waals surface area contributed by atoms with Gasteiger partial charge in [-0.1, -0.05) is 0 Å². The van der Waals surface area contributed by atoms with Crippen LogP contribution in [0.5, 0.6) is 0 Å². The monoisotopic (exact) mass is 216 g/mol. The lowest BCUT2D eigenvalue weighted by Crippen LogP contribution is -2.44. The van der Waals surface area contributed by atoms with Gasteiger partial charge in [-0.25, -0.2) is 0 Å². The molecule has 0 aromatic rings. The van der Waals surface area contributed by atoms with Crippen LogP contribution in [0.2, 0.25) is 0 Å². The van der Waals surface area contributed by atoms with Gasteiger partial charge in [0.25, 0.3) is 0 Å². The summed E-state index contributed by atoms with van der Waals surface area (Å²) in [4.78, 5) is 13.4. The molecule has 0 aromatic heterocycles. The van der Waals surface area contributed by atoms with E-state index in [2.05, 4.69) is 9.47 Å². The van der Waals surface area contributed by atoms with Crippen LogP contribution in [-0.4, -0.2) is 58.7 Å². The maximum Gasteiger partial charge on any atom is 0.307 e. The zero-order valence-electron chi connectivity index (χ0n) is 9.16. The van der Waals surface area contributed by atoms with E-state index in [0.717, 1.165) is 30.2 Å². The number of esters is 1. The lowest BCUT2D eigenvalue weighted by atomic mass is 10.3. The minimum Gasteiger partial charge on any atom is -0.466 e. The highest BCUT2D eigenvalue weighted by atomic mass is 28.2. The molecule has 0 saturated carbocycles. The zero-order valence-corrected chi connectivity index (χ0v) is 11.2. The molecule has 5 heteroatoms. The van der Waals surface area contributed by atoms with Gasteiger partial charge >= 0.3 is 5.97 Å². The van der Waals surface area contributed by atoms with E-state index in [1.165, 1.54) is 13.0 Å². The van der Waals surface area contributed by atoms with Crippen molar-refractivity contribution in [1.82, 2.24) is 9.47 Å². The SMILES string of the molecule is CCOC(=O)CCN1CCCN([SiH3])C1. The van der Waals surface area contributed by atoms with E-state index in [1.807, 2.05) is 6.92 Å². The van der Waals surface area contributed by atoms with E-state index in [1.54, 1.807) is 0 Å². The van der Waals surface area contributed by atoms with Crippen LogP contribution < -0.4 is 0 Å². The van der Waals surface area contributed by atoms with Crippen molar-refractivity contribution < 1.29 is 9.53 Å². The molecule has 0 unspecified atom stereocenters. The van der Waals surface area contributed by atoms with Crippen LogP contribution in [0.1, 0.15) is 19.8 Å². The fraction of sp³-hybridized carbons (Fsp3) is 0.889. The maximum absolute atomic E-state index is 11.1. The molecule has 1 heterocycles. The summed E-state index contributed by atoms with van der Waals surface area (Å²) in [6.45, 7) is 6.56. The molecule has 4 nitrogen and oxygen atoms in total. The first kappa shape index (κ1) is 11.7. The van der Waals surface area contributed by atoms with E-state index < -0.39 is 0 Å². The molecule has 0 amide bonds. The average Bonchev–Trinajstić information content (AvgIpc) is 2.15. The molecule has 1 aliphatic heterocycles. The highest BCUT2D eigenvalue weighted by Crippen LogP contribution is 2.03. The molecule has 0 spiro atoms. The van der Waals surface area contributed by atoms with Crippen LogP contribution in [0, 0.1) is 0 Å². The topological polar surface area (TPSA) is 32.8 Å². The Hall–Kier alpha value is -0.393. The molecule has 82 valence electrons. The summed E-state index contributed by atoms with van der Waals surface area (Å²) in [6.07, 6.45) is 1.76. The second kappa shape index (κ2) is 6.16. The molecule has 0 aliphatic carbocycles. The van der Waals surface area contributed by atoms with Gasteiger partial charge in [0.1, 0.15) is 0 Å². The number of rotatable bonds is 4. The number of nitrogens with zero attached hydrogens (tertiary/aromatic N) is 2. The molecule has 1 fully saturated rings. The number of ether oxygens (including phenoxy) is 1. The summed E-state index contributed by atoms with van der Waals surface area (Å²) in [7, 11) is 1.12. The number of hydrogen-bond donors (Lipinski definition) is 0. The Labute approximate surface area is 88.7 Å². The van der Waals surface area contributed by atoms with Crippen LogP contribution in [0.25, 0.3) is 0 Å². The second-order valence-corrected chi connectivity index (χ2v) is 5.01. The Bertz CT molecular complexity index is 190. The van der Waals surface area contributed by atoms with Gasteiger partial charge in [0.2, 0.25) is 0 Å². The largest absolute Gasteiger partial charge is 0.466 e. The van der Waals surface area contributed by atoms with Gasteiger partial charge < -0.3 is 9.30 Å². The molecular formula is C9H20N2O2Si. The summed E-state index contributed by atoms with van der Waals surface area (Å²) in [5.74, 6) is -0.0713. The molecule has 0 bridgehead atoms. The lowest BCUT2D eigenvalue weighted by molar-refractivity contribution is -0.143. The van der Waals surface area contributed by atoms with Crippen LogP contribution in [-0.2, 0) is 9.53 Å². The Balaban J connectivity index is 2.14. The molecule has 1 saturated heterocycles. The Morgan fingerprint density at radius 2 is 2.29 bits per heavy atom. The van der Waals surface area contributed by atoms with E-state index in [-0.39, 0.29) is 5.97 Å². The van der Waals surface area contributed by atoms with Gasteiger partial charge in [0.05, 0.1) is 23.4 Å². The predicted molar refractivity (Wildman–Crippen MR) is 59.0 cm³/mol. The zero-order chi connectivity index (χ0) is 10.4. The molecule has 14 heavy (non-hydrogen) atoms. The molecule has 0 atom stereocenters. The van der Waals surface area contributed by atoms with Crippen molar-refractivity contribution >= 4 is 16.4 Å². The molecule has 0 radical (unpaired) electrons. The summed E-state index contributed by atoms with van der Waals surface area (Å²) in [6, 6.07) is 0. The van der Waals surface area contributed by atoms with E-state index in [0.29, 0.717) is 13.0 Å². The number of carbonyl (C=O) groups is 1. The Morgan fingerprint density at radius 1 is 1.50 bits per heavy atom. The molecule has 1 rings (SSSR count). The molecular weight excluding hydrogens is 196 g/mol. The van der Waals surface area contributed by atoms with Crippen molar-refractivity contribution in [2.75, 3.05) is 32.9 Å². The van der Waals surface area contributed by atoms with Crippen LogP contribution in [0.3, 0.4) is 0 Å². The van der Waals surface area contributed by atoms with Crippen molar-refractivity contribution in [3.8, 4) is 0 Å². The quantitative estimate of drug-likeness (QED) is 0.454. The van der Waals surface area contributed by atoms with E-state index in [9.17, 15) is 4.79 Å². The van der Waals surface area contributed by atoms with Crippen LogP contribution in [0.15, 0.2) is 0 Å². The van der Waals surface area contributed by atoms with Crippen molar-refractivity contribution in [2.24, 2.45) is 0 Å². The summed E-state index contributed by atoms with van der Waals surface area (Å²) in [5.41, 5.74) is 0. The highest BCUT2D eigenvalue weighted by Gasteiger charge is 2.14. The van der Waals surface area contributed by atoms with Gasteiger partial charge in [-0.05, 0) is 19.9 Å². The Morgan fingerprint density at radius 3 is 2.93 bits per heavy atom. The first-order valence-electron chi connectivity index (χ1n) is 5.29. The second-order valence-electron chi connectivity index (χ2n) is 3.75. The minimum absolute atomic E-state index is 0.0713. The standard InChI is InChI=1S/C9H20N2O2Si/c1-2-13-9(12)4-7-10-5-3-6-11(14)8-10/h2-8H2,1,14H3. The van der Waals surface area contributed by atoms with Crippen molar-refractivity contribution in [1.29, 1.82) is 0 Å². The van der Waals surface area contributed by atoms with Crippen molar-refractivity contribution in [3.05, 3.63) is 0 Å². The minimum atomic E-state index is -0.0713. The predicted octanol–water partition coefficient (Wildman–Crippen LogP) is -0.815. The summed E-state index contributed by atoms with van der Waals surface area (Å²) in [5, 5.41) is 0. The van der Waals surface area contributed by atoms with Crippen molar-refractivity contribution in [3.63, 3.8) is 0 Å². The average molecular weight is 216 g/mol. The summed E-state index contributed by atoms with van der Waals surface area (Å²) >= 11 is 0. The fourth-order valence-electron chi connectivity index (χ4n) is 1.71. The van der Waals surface area contributed by atoms with Gasteiger partial charge in [-0.15, -0.1) is 0 Å². The summed E-state index contributed by atoms with van der Waals surface area (Å²) < 4.78 is 7.30. The van der Waals surface area contributed by atoms with E-state index in [4.69, 9.17) is 4.74 Å².